The fraction of sp³-hybridized carbons (Fsp3) is 0.500. The monoisotopic (exact) mass is 254 g/mol. The summed E-state index contributed by atoms with van der Waals surface area (Å²) in [4.78, 5) is 20.7. The number of aryl methyl sites for hydroxylation is 1. The minimum absolute atomic E-state index is 0.995. The van der Waals surface area contributed by atoms with Crippen LogP contribution in [-0.2, 0) is 0 Å². The van der Waals surface area contributed by atoms with Crippen LogP contribution < -0.4 is 10.4 Å². The first-order valence-electron chi connectivity index (χ1n) is 5.61. The molecule has 0 aliphatic heterocycles. The molecule has 0 amide bonds. The molecule has 0 spiro atoms. The van der Waals surface area contributed by atoms with Gasteiger partial charge in [0.25, 0.3) is 0 Å². The molecule has 90 valence electrons. The van der Waals surface area contributed by atoms with Crippen LogP contribution in [0.15, 0.2) is 12.1 Å². The van der Waals surface area contributed by atoms with Crippen molar-refractivity contribution >= 4 is 27.0 Å². The number of benzene rings is 1. The second kappa shape index (κ2) is 4.11. The average Bonchev–Trinajstić information content (AvgIpc) is 2.05. The van der Waals surface area contributed by atoms with Gasteiger partial charge in [0, 0.05) is 0 Å². The molecule has 0 unspecified atom stereocenters. The molecule has 1 aromatic carbocycles. The van der Waals surface area contributed by atoms with E-state index in [1.54, 1.807) is 0 Å². The highest BCUT2D eigenvalue weighted by atomic mass is 28.4. The van der Waals surface area contributed by atoms with Crippen molar-refractivity contribution in [1.82, 2.24) is 0 Å². The second-order valence-electron chi connectivity index (χ2n) is 5.55. The van der Waals surface area contributed by atoms with Crippen LogP contribution in [-0.4, -0.2) is 26.2 Å². The third kappa shape index (κ3) is 2.63. The maximum absolute atomic E-state index is 10.4. The van der Waals surface area contributed by atoms with Crippen molar-refractivity contribution in [3.8, 4) is 0 Å². The number of hydrogen-bond acceptors (Lipinski definition) is 2. The molecule has 0 saturated heterocycles. The minimum atomic E-state index is -2.39. The average molecular weight is 254 g/mol. The molecule has 2 nitrogen and oxygen atoms in total. The van der Waals surface area contributed by atoms with Gasteiger partial charge in [-0.15, -0.1) is 0 Å². The van der Waals surface area contributed by atoms with Crippen molar-refractivity contribution in [2.75, 3.05) is 0 Å². The first-order chi connectivity index (χ1) is 7.05. The molecular weight excluding hydrogens is 232 g/mol. The van der Waals surface area contributed by atoms with E-state index in [4.69, 9.17) is 0 Å². The van der Waals surface area contributed by atoms with E-state index in [1.807, 2.05) is 45.2 Å². The molecule has 0 fully saturated rings. The maximum Gasteiger partial charge on any atom is 0.214 e. The van der Waals surface area contributed by atoms with E-state index in [0.29, 0.717) is 0 Å². The molecule has 0 aliphatic rings. The summed E-state index contributed by atoms with van der Waals surface area (Å²) in [6, 6.07) is 4.04. The predicted octanol–water partition coefficient (Wildman–Crippen LogP) is 1.11. The number of hydrogen-bond donors (Lipinski definition) is 2. The van der Waals surface area contributed by atoms with Gasteiger partial charge in [0.15, 0.2) is 0 Å². The zero-order chi connectivity index (χ0) is 12.7. The van der Waals surface area contributed by atoms with Crippen LogP contribution in [0.4, 0.5) is 0 Å². The summed E-state index contributed by atoms with van der Waals surface area (Å²) in [5, 5.41) is 2.03. The predicted molar refractivity (Wildman–Crippen MR) is 74.6 cm³/mol. The lowest BCUT2D eigenvalue weighted by Crippen LogP contribution is -2.60. The molecular formula is C12H22O2Si2. The zero-order valence-corrected chi connectivity index (χ0v) is 13.0. The molecule has 0 aromatic heterocycles. The van der Waals surface area contributed by atoms with E-state index in [-0.39, 0.29) is 0 Å². The standard InChI is InChI=1S/C12H22O2Si2/c1-9-7-8-11(15(3,4)13)12(10(9)2)16(5,6)14/h7-8,13-14H,1-6H3. The van der Waals surface area contributed by atoms with E-state index in [9.17, 15) is 9.59 Å². The fourth-order valence-corrected chi connectivity index (χ4v) is 7.10. The lowest BCUT2D eigenvalue weighted by Gasteiger charge is -2.28. The molecule has 2 N–H and O–H groups in total. The third-order valence-electron chi connectivity index (χ3n) is 3.01. The van der Waals surface area contributed by atoms with Gasteiger partial charge >= 0.3 is 0 Å². The Hall–Kier alpha value is -0.426. The van der Waals surface area contributed by atoms with Crippen molar-refractivity contribution in [3.63, 3.8) is 0 Å². The van der Waals surface area contributed by atoms with E-state index < -0.39 is 16.6 Å². The summed E-state index contributed by atoms with van der Waals surface area (Å²) >= 11 is 0. The zero-order valence-electron chi connectivity index (χ0n) is 11.0. The van der Waals surface area contributed by atoms with Gasteiger partial charge < -0.3 is 9.59 Å². The first kappa shape index (κ1) is 13.6. The normalized spacial score (nSPS) is 13.0. The second-order valence-corrected chi connectivity index (χ2v) is 12.8. The first-order valence-corrected chi connectivity index (χ1v) is 11.5. The van der Waals surface area contributed by atoms with Crippen molar-refractivity contribution < 1.29 is 9.59 Å². The summed E-state index contributed by atoms with van der Waals surface area (Å²) in [6.45, 7) is 11.7. The van der Waals surface area contributed by atoms with Gasteiger partial charge in [-0.1, -0.05) is 12.1 Å². The highest BCUT2D eigenvalue weighted by molar-refractivity contribution is 6.93. The smallest absolute Gasteiger partial charge is 0.214 e. The largest absolute Gasteiger partial charge is 0.428 e. The Kier molecular flexibility index (Phi) is 3.50. The minimum Gasteiger partial charge on any atom is -0.428 e. The summed E-state index contributed by atoms with van der Waals surface area (Å²) in [5.41, 5.74) is 2.33. The summed E-state index contributed by atoms with van der Waals surface area (Å²) in [6.07, 6.45) is 0. The van der Waals surface area contributed by atoms with E-state index in [1.165, 1.54) is 5.56 Å². The molecule has 0 radical (unpaired) electrons. The Morgan fingerprint density at radius 1 is 0.875 bits per heavy atom. The van der Waals surface area contributed by atoms with Gasteiger partial charge in [-0.3, -0.25) is 0 Å². The summed E-state index contributed by atoms with van der Waals surface area (Å²) in [5.74, 6) is 0. The van der Waals surface area contributed by atoms with Crippen LogP contribution in [0, 0.1) is 13.8 Å². The van der Waals surface area contributed by atoms with Gasteiger partial charge in [0.05, 0.1) is 0 Å². The summed E-state index contributed by atoms with van der Waals surface area (Å²) in [7, 11) is -4.76. The molecule has 0 bridgehead atoms. The Morgan fingerprint density at radius 2 is 1.38 bits per heavy atom. The van der Waals surface area contributed by atoms with E-state index >= 15 is 0 Å². The van der Waals surface area contributed by atoms with Gasteiger partial charge in [-0.2, -0.15) is 0 Å². The molecule has 0 saturated carbocycles. The van der Waals surface area contributed by atoms with Crippen molar-refractivity contribution in [3.05, 3.63) is 23.3 Å². The Labute approximate surface area is 100 Å². The molecule has 16 heavy (non-hydrogen) atoms. The van der Waals surface area contributed by atoms with Crippen molar-refractivity contribution in [1.29, 1.82) is 0 Å². The van der Waals surface area contributed by atoms with Gasteiger partial charge in [-0.25, -0.2) is 0 Å². The molecule has 0 aliphatic carbocycles. The topological polar surface area (TPSA) is 40.5 Å². The van der Waals surface area contributed by atoms with Crippen LogP contribution in [0.3, 0.4) is 0 Å². The van der Waals surface area contributed by atoms with E-state index in [0.717, 1.165) is 15.9 Å². The maximum atomic E-state index is 10.4. The quantitative estimate of drug-likeness (QED) is 0.776. The van der Waals surface area contributed by atoms with Crippen LogP contribution in [0.25, 0.3) is 0 Å². The van der Waals surface area contributed by atoms with Gasteiger partial charge in [0.1, 0.15) is 0 Å². The van der Waals surface area contributed by atoms with Crippen molar-refractivity contribution in [2.24, 2.45) is 0 Å². The van der Waals surface area contributed by atoms with Gasteiger partial charge in [-0.05, 0) is 61.5 Å². The third-order valence-corrected chi connectivity index (χ3v) is 6.86. The lowest BCUT2D eigenvalue weighted by molar-refractivity contribution is 0.562. The van der Waals surface area contributed by atoms with Crippen LogP contribution in [0.2, 0.25) is 26.2 Å². The Balaban J connectivity index is 3.59. The summed E-state index contributed by atoms with van der Waals surface area (Å²) < 4.78 is 0. The Morgan fingerprint density at radius 3 is 1.75 bits per heavy atom. The molecule has 0 atom stereocenters. The molecule has 1 aromatic rings. The van der Waals surface area contributed by atoms with Crippen LogP contribution in [0.1, 0.15) is 11.1 Å². The Bertz CT molecular complexity index is 401. The molecule has 1 rings (SSSR count). The highest BCUT2D eigenvalue weighted by Gasteiger charge is 2.33. The highest BCUT2D eigenvalue weighted by Crippen LogP contribution is 2.10. The van der Waals surface area contributed by atoms with Gasteiger partial charge in [0.2, 0.25) is 16.6 Å². The lowest BCUT2D eigenvalue weighted by atomic mass is 10.1. The van der Waals surface area contributed by atoms with Crippen LogP contribution >= 0.6 is 0 Å². The fourth-order valence-electron chi connectivity index (χ4n) is 2.11. The molecule has 0 heterocycles. The molecule has 4 heteroatoms. The van der Waals surface area contributed by atoms with Crippen LogP contribution in [0.5, 0.6) is 0 Å². The van der Waals surface area contributed by atoms with Crippen molar-refractivity contribution in [2.45, 2.75) is 40.0 Å². The SMILES string of the molecule is Cc1ccc([Si](C)(C)O)c([Si](C)(C)O)c1C. The van der Waals surface area contributed by atoms with E-state index in [2.05, 4.69) is 6.92 Å². The number of rotatable bonds is 2.